The SMILES string of the molecule is COc1ccc(CNc2nc(Cl)cc3nc(Cc4ccccc4)nn23)c(OC)c1. The van der Waals surface area contributed by atoms with E-state index < -0.39 is 0 Å². The fraction of sp³-hybridized carbons (Fsp3) is 0.190. The molecule has 2 aromatic carbocycles. The molecule has 0 bridgehead atoms. The first-order chi connectivity index (χ1) is 14.2. The summed E-state index contributed by atoms with van der Waals surface area (Å²) in [5, 5.41) is 8.23. The zero-order valence-corrected chi connectivity index (χ0v) is 16.8. The summed E-state index contributed by atoms with van der Waals surface area (Å²) in [5.41, 5.74) is 2.73. The van der Waals surface area contributed by atoms with Crippen molar-refractivity contribution in [2.24, 2.45) is 0 Å². The number of rotatable bonds is 7. The first kappa shape index (κ1) is 19.0. The monoisotopic (exact) mass is 409 g/mol. The zero-order valence-electron chi connectivity index (χ0n) is 16.1. The molecular weight excluding hydrogens is 390 g/mol. The summed E-state index contributed by atoms with van der Waals surface area (Å²) in [6, 6.07) is 17.4. The van der Waals surface area contributed by atoms with Crippen molar-refractivity contribution in [3.8, 4) is 11.5 Å². The van der Waals surface area contributed by atoms with Gasteiger partial charge in [-0.3, -0.25) is 0 Å². The average molecular weight is 410 g/mol. The van der Waals surface area contributed by atoms with E-state index in [1.807, 2.05) is 48.5 Å². The minimum Gasteiger partial charge on any atom is -0.497 e. The molecule has 0 atom stereocenters. The van der Waals surface area contributed by atoms with Crippen molar-refractivity contribution in [2.45, 2.75) is 13.0 Å². The largest absolute Gasteiger partial charge is 0.497 e. The van der Waals surface area contributed by atoms with Crippen LogP contribution in [0, 0.1) is 0 Å². The second kappa shape index (κ2) is 8.36. The maximum atomic E-state index is 6.20. The van der Waals surface area contributed by atoms with Crippen molar-refractivity contribution < 1.29 is 9.47 Å². The quantitative estimate of drug-likeness (QED) is 0.465. The van der Waals surface area contributed by atoms with Crippen molar-refractivity contribution in [3.63, 3.8) is 0 Å². The first-order valence-electron chi connectivity index (χ1n) is 9.07. The number of aromatic nitrogens is 4. The van der Waals surface area contributed by atoms with Crippen LogP contribution >= 0.6 is 11.6 Å². The smallest absolute Gasteiger partial charge is 0.227 e. The molecule has 0 amide bonds. The van der Waals surface area contributed by atoms with Crippen LogP contribution in [-0.4, -0.2) is 33.8 Å². The number of hydrogen-bond acceptors (Lipinski definition) is 6. The molecule has 4 aromatic rings. The molecule has 0 aliphatic heterocycles. The molecule has 7 nitrogen and oxygen atoms in total. The second-order valence-electron chi connectivity index (χ2n) is 6.39. The Labute approximate surface area is 173 Å². The van der Waals surface area contributed by atoms with Crippen LogP contribution in [0.4, 0.5) is 5.95 Å². The molecule has 2 aromatic heterocycles. The van der Waals surface area contributed by atoms with Crippen LogP contribution in [-0.2, 0) is 13.0 Å². The fourth-order valence-corrected chi connectivity index (χ4v) is 3.22. The summed E-state index contributed by atoms with van der Waals surface area (Å²) in [5.74, 6) is 2.66. The number of anilines is 1. The van der Waals surface area contributed by atoms with Gasteiger partial charge >= 0.3 is 0 Å². The highest BCUT2D eigenvalue weighted by Crippen LogP contribution is 2.25. The summed E-state index contributed by atoms with van der Waals surface area (Å²) in [7, 11) is 3.25. The Hall–Kier alpha value is -3.32. The molecule has 0 radical (unpaired) electrons. The van der Waals surface area contributed by atoms with Crippen LogP contribution in [0.15, 0.2) is 54.6 Å². The summed E-state index contributed by atoms with van der Waals surface area (Å²) >= 11 is 6.20. The molecule has 29 heavy (non-hydrogen) atoms. The van der Waals surface area contributed by atoms with Crippen molar-refractivity contribution in [1.82, 2.24) is 19.6 Å². The minimum absolute atomic E-state index is 0.348. The predicted octanol–water partition coefficient (Wildman–Crippen LogP) is 4.00. The van der Waals surface area contributed by atoms with Gasteiger partial charge < -0.3 is 14.8 Å². The van der Waals surface area contributed by atoms with E-state index >= 15 is 0 Å². The van der Waals surface area contributed by atoms with Crippen LogP contribution in [0.2, 0.25) is 5.15 Å². The van der Waals surface area contributed by atoms with Gasteiger partial charge in [0.2, 0.25) is 5.95 Å². The number of halogens is 1. The Kier molecular flexibility index (Phi) is 5.48. The highest BCUT2D eigenvalue weighted by atomic mass is 35.5. The molecule has 0 spiro atoms. The number of hydrogen-bond donors (Lipinski definition) is 1. The lowest BCUT2D eigenvalue weighted by Crippen LogP contribution is -2.09. The number of ether oxygens (including phenoxy) is 2. The molecule has 0 fully saturated rings. The molecule has 4 rings (SSSR count). The van der Waals surface area contributed by atoms with Gasteiger partial charge in [-0.15, -0.1) is 5.10 Å². The highest BCUT2D eigenvalue weighted by molar-refractivity contribution is 6.29. The van der Waals surface area contributed by atoms with Crippen molar-refractivity contribution in [2.75, 3.05) is 19.5 Å². The van der Waals surface area contributed by atoms with Crippen LogP contribution < -0.4 is 14.8 Å². The predicted molar refractivity (Wildman–Crippen MR) is 112 cm³/mol. The summed E-state index contributed by atoms with van der Waals surface area (Å²) in [4.78, 5) is 8.96. The third-order valence-electron chi connectivity index (χ3n) is 4.47. The lowest BCUT2D eigenvalue weighted by atomic mass is 10.1. The molecule has 0 saturated heterocycles. The Morgan fingerprint density at radius 3 is 2.59 bits per heavy atom. The first-order valence-corrected chi connectivity index (χ1v) is 9.45. The van der Waals surface area contributed by atoms with E-state index in [9.17, 15) is 0 Å². The maximum Gasteiger partial charge on any atom is 0.227 e. The number of methoxy groups -OCH3 is 2. The number of nitrogens with one attached hydrogen (secondary N) is 1. The minimum atomic E-state index is 0.348. The average Bonchev–Trinajstić information content (AvgIpc) is 3.14. The summed E-state index contributed by atoms with van der Waals surface area (Å²) in [6.45, 7) is 0.476. The van der Waals surface area contributed by atoms with E-state index in [4.69, 9.17) is 21.1 Å². The highest BCUT2D eigenvalue weighted by Gasteiger charge is 2.12. The van der Waals surface area contributed by atoms with Crippen LogP contribution in [0.1, 0.15) is 17.0 Å². The van der Waals surface area contributed by atoms with Crippen LogP contribution in [0.25, 0.3) is 5.65 Å². The van der Waals surface area contributed by atoms with Gasteiger partial charge in [-0.25, -0.2) is 9.97 Å². The molecule has 1 N–H and O–H groups in total. The van der Waals surface area contributed by atoms with E-state index in [1.165, 1.54) is 0 Å². The van der Waals surface area contributed by atoms with E-state index in [0.29, 0.717) is 35.5 Å². The van der Waals surface area contributed by atoms with E-state index in [-0.39, 0.29) is 0 Å². The van der Waals surface area contributed by atoms with Crippen LogP contribution in [0.5, 0.6) is 11.5 Å². The zero-order chi connectivity index (χ0) is 20.2. The van der Waals surface area contributed by atoms with Gasteiger partial charge in [0.15, 0.2) is 11.5 Å². The van der Waals surface area contributed by atoms with E-state index in [2.05, 4.69) is 20.4 Å². The Morgan fingerprint density at radius 2 is 1.83 bits per heavy atom. The van der Waals surface area contributed by atoms with Gasteiger partial charge in [0.05, 0.1) is 14.2 Å². The third-order valence-corrected chi connectivity index (χ3v) is 4.67. The molecule has 0 unspecified atom stereocenters. The normalized spacial score (nSPS) is 10.9. The Morgan fingerprint density at radius 1 is 1.00 bits per heavy atom. The molecule has 8 heteroatoms. The van der Waals surface area contributed by atoms with Crippen molar-refractivity contribution >= 4 is 23.2 Å². The van der Waals surface area contributed by atoms with Gasteiger partial charge in [0.25, 0.3) is 0 Å². The Bertz CT molecular complexity index is 1130. The molecule has 0 aliphatic rings. The van der Waals surface area contributed by atoms with E-state index in [1.54, 1.807) is 24.8 Å². The van der Waals surface area contributed by atoms with E-state index in [0.717, 1.165) is 22.6 Å². The lowest BCUT2D eigenvalue weighted by molar-refractivity contribution is 0.391. The Balaban J connectivity index is 1.60. The van der Waals surface area contributed by atoms with Gasteiger partial charge in [0, 0.05) is 30.7 Å². The fourth-order valence-electron chi connectivity index (χ4n) is 3.05. The lowest BCUT2D eigenvalue weighted by Gasteiger charge is -2.12. The topological polar surface area (TPSA) is 73.6 Å². The van der Waals surface area contributed by atoms with Gasteiger partial charge in [0.1, 0.15) is 16.7 Å². The van der Waals surface area contributed by atoms with Crippen molar-refractivity contribution in [1.29, 1.82) is 0 Å². The molecule has 148 valence electrons. The van der Waals surface area contributed by atoms with Gasteiger partial charge in [-0.1, -0.05) is 41.9 Å². The third kappa shape index (κ3) is 4.25. The standard InChI is InChI=1S/C21H20ClN5O2/c1-28-16-9-8-15(17(11-16)29-2)13-23-21-24-18(22)12-20-25-19(26-27(20)21)10-14-6-4-3-5-7-14/h3-9,11-12H,10,13H2,1-2H3,(H,23,24). The molecule has 0 saturated carbocycles. The van der Waals surface area contributed by atoms with Gasteiger partial charge in [-0.05, 0) is 17.7 Å². The molecule has 0 aliphatic carbocycles. The summed E-state index contributed by atoms with van der Waals surface area (Å²) in [6.07, 6.45) is 0.631. The number of fused-ring (bicyclic) bond motifs is 1. The van der Waals surface area contributed by atoms with Crippen molar-refractivity contribution in [3.05, 3.63) is 76.7 Å². The maximum absolute atomic E-state index is 6.20. The molecule has 2 heterocycles. The van der Waals surface area contributed by atoms with Crippen LogP contribution in [0.3, 0.4) is 0 Å². The molecular formula is C21H20ClN5O2. The summed E-state index contributed by atoms with van der Waals surface area (Å²) < 4.78 is 12.4. The van der Waals surface area contributed by atoms with Gasteiger partial charge in [-0.2, -0.15) is 4.52 Å². The number of benzene rings is 2. The second-order valence-corrected chi connectivity index (χ2v) is 6.78. The number of nitrogens with zero attached hydrogens (tertiary/aromatic N) is 4.